The van der Waals surface area contributed by atoms with Crippen molar-refractivity contribution in [2.75, 3.05) is 17.5 Å². The van der Waals surface area contributed by atoms with Gasteiger partial charge in [-0.15, -0.1) is 0 Å². The van der Waals surface area contributed by atoms with Crippen molar-refractivity contribution < 1.29 is 5.11 Å². The second-order valence-electron chi connectivity index (χ2n) is 3.53. The summed E-state index contributed by atoms with van der Waals surface area (Å²) < 4.78 is 1.17. The Kier molecular flexibility index (Phi) is 4.82. The molecule has 1 heterocycles. The number of likely N-dealkylation sites (tertiary alicyclic amines) is 1. The molecule has 1 fully saturated rings. The van der Waals surface area contributed by atoms with Crippen molar-refractivity contribution >= 4 is 22.6 Å². The molecule has 1 aliphatic heterocycles. The molecule has 12 heavy (non-hydrogen) atoms. The third kappa shape index (κ3) is 2.85. The van der Waals surface area contributed by atoms with Crippen LogP contribution in [0.3, 0.4) is 0 Å². The summed E-state index contributed by atoms with van der Waals surface area (Å²) in [7, 11) is 0. The number of halogens is 1. The molecule has 1 saturated heterocycles. The van der Waals surface area contributed by atoms with Crippen LogP contribution in [0.15, 0.2) is 0 Å². The summed E-state index contributed by atoms with van der Waals surface area (Å²) in [6.07, 6.45) is 3.61. The Bertz CT molecular complexity index is 128. The Morgan fingerprint density at radius 3 is 2.92 bits per heavy atom. The Labute approximate surface area is 88.5 Å². The molecule has 0 radical (unpaired) electrons. The molecule has 0 bridgehead atoms. The lowest BCUT2D eigenvalue weighted by molar-refractivity contribution is 0.0409. The lowest BCUT2D eigenvalue weighted by atomic mass is 9.98. The molecule has 0 amide bonds. The van der Waals surface area contributed by atoms with Gasteiger partial charge in [0.25, 0.3) is 0 Å². The number of rotatable bonds is 3. The largest absolute Gasteiger partial charge is 0.392 e. The Balaban J connectivity index is 2.42. The molecule has 2 atom stereocenters. The summed E-state index contributed by atoms with van der Waals surface area (Å²) >= 11 is 2.40. The maximum absolute atomic E-state index is 9.53. The van der Waals surface area contributed by atoms with Gasteiger partial charge >= 0.3 is 0 Å². The van der Waals surface area contributed by atoms with Gasteiger partial charge in [-0.25, -0.2) is 0 Å². The zero-order valence-corrected chi connectivity index (χ0v) is 9.83. The number of aliphatic hydroxyl groups excluding tert-OH is 1. The average molecular weight is 283 g/mol. The highest BCUT2D eigenvalue weighted by atomic mass is 127. The van der Waals surface area contributed by atoms with E-state index in [0.29, 0.717) is 6.04 Å². The molecule has 2 unspecified atom stereocenters. The molecule has 1 aliphatic rings. The summed E-state index contributed by atoms with van der Waals surface area (Å²) in [4.78, 5) is 2.43. The minimum absolute atomic E-state index is 0.159. The smallest absolute Gasteiger partial charge is 0.0667 e. The second-order valence-corrected chi connectivity index (χ2v) is 4.61. The fourth-order valence-electron chi connectivity index (χ4n) is 1.95. The fraction of sp³-hybridized carbons (Fsp3) is 1.00. The van der Waals surface area contributed by atoms with Gasteiger partial charge in [-0.3, -0.25) is 4.90 Å². The first-order valence-electron chi connectivity index (χ1n) is 4.74. The van der Waals surface area contributed by atoms with Gasteiger partial charge in [-0.1, -0.05) is 29.0 Å². The van der Waals surface area contributed by atoms with Gasteiger partial charge in [0.15, 0.2) is 0 Å². The third-order valence-electron chi connectivity index (χ3n) is 2.59. The van der Waals surface area contributed by atoms with Crippen LogP contribution < -0.4 is 0 Å². The van der Waals surface area contributed by atoms with E-state index in [9.17, 15) is 5.11 Å². The van der Waals surface area contributed by atoms with E-state index >= 15 is 0 Å². The van der Waals surface area contributed by atoms with E-state index in [4.69, 9.17) is 0 Å². The Hall–Kier alpha value is 0.650. The molecule has 0 aromatic carbocycles. The predicted octanol–water partition coefficient (Wildman–Crippen LogP) is 1.66. The van der Waals surface area contributed by atoms with Crippen molar-refractivity contribution in [2.45, 2.75) is 38.3 Å². The third-order valence-corrected chi connectivity index (χ3v) is 3.08. The van der Waals surface area contributed by atoms with E-state index in [-0.39, 0.29) is 6.10 Å². The second kappa shape index (κ2) is 5.40. The van der Waals surface area contributed by atoms with Crippen molar-refractivity contribution in [3.05, 3.63) is 0 Å². The summed E-state index contributed by atoms with van der Waals surface area (Å²) in [6, 6.07) is 0.425. The summed E-state index contributed by atoms with van der Waals surface area (Å²) in [5, 5.41) is 9.53. The van der Waals surface area contributed by atoms with Gasteiger partial charge < -0.3 is 5.11 Å². The Morgan fingerprint density at radius 2 is 2.33 bits per heavy atom. The van der Waals surface area contributed by atoms with Crippen molar-refractivity contribution in [1.29, 1.82) is 0 Å². The van der Waals surface area contributed by atoms with E-state index in [1.165, 1.54) is 30.2 Å². The number of nitrogens with zero attached hydrogens (tertiary/aromatic N) is 1. The average Bonchev–Trinajstić information content (AvgIpc) is 2.05. The summed E-state index contributed by atoms with van der Waals surface area (Å²) in [5.41, 5.74) is 0. The summed E-state index contributed by atoms with van der Waals surface area (Å²) in [5.74, 6) is 0. The molecule has 0 spiro atoms. The first kappa shape index (κ1) is 10.7. The standard InChI is InChI=1S/C9H18INO/c1-8(12)9-4-2-3-6-11(9)7-5-10/h8-9,12H,2-7H2,1H3. The number of piperidine rings is 1. The van der Waals surface area contributed by atoms with E-state index in [2.05, 4.69) is 27.5 Å². The lowest BCUT2D eigenvalue weighted by Gasteiger charge is -2.37. The van der Waals surface area contributed by atoms with Crippen LogP contribution in [0.5, 0.6) is 0 Å². The Morgan fingerprint density at radius 1 is 1.58 bits per heavy atom. The quantitative estimate of drug-likeness (QED) is 0.629. The number of aliphatic hydroxyl groups is 1. The van der Waals surface area contributed by atoms with Crippen LogP contribution >= 0.6 is 22.6 Å². The van der Waals surface area contributed by atoms with E-state index in [0.717, 1.165) is 6.54 Å². The van der Waals surface area contributed by atoms with Crippen LogP contribution in [-0.4, -0.2) is 39.7 Å². The number of hydrogen-bond acceptors (Lipinski definition) is 2. The van der Waals surface area contributed by atoms with Crippen LogP contribution in [-0.2, 0) is 0 Å². The molecule has 0 aliphatic carbocycles. The maximum Gasteiger partial charge on any atom is 0.0667 e. The van der Waals surface area contributed by atoms with E-state index in [1.54, 1.807) is 0 Å². The van der Waals surface area contributed by atoms with Crippen molar-refractivity contribution in [3.8, 4) is 0 Å². The van der Waals surface area contributed by atoms with Gasteiger partial charge in [0.2, 0.25) is 0 Å². The molecule has 3 heteroatoms. The minimum Gasteiger partial charge on any atom is -0.392 e. The fourth-order valence-corrected chi connectivity index (χ4v) is 2.57. The van der Waals surface area contributed by atoms with E-state index in [1.807, 2.05) is 6.92 Å². The topological polar surface area (TPSA) is 23.5 Å². The first-order chi connectivity index (χ1) is 5.75. The zero-order valence-electron chi connectivity index (χ0n) is 7.67. The van der Waals surface area contributed by atoms with Crippen LogP contribution in [0, 0.1) is 0 Å². The first-order valence-corrected chi connectivity index (χ1v) is 6.26. The number of alkyl halides is 1. The highest BCUT2D eigenvalue weighted by molar-refractivity contribution is 14.1. The zero-order chi connectivity index (χ0) is 8.97. The van der Waals surface area contributed by atoms with Crippen molar-refractivity contribution in [3.63, 3.8) is 0 Å². The molecular weight excluding hydrogens is 265 g/mol. The monoisotopic (exact) mass is 283 g/mol. The predicted molar refractivity (Wildman–Crippen MR) is 59.8 cm³/mol. The molecule has 0 saturated carbocycles. The van der Waals surface area contributed by atoms with Crippen molar-refractivity contribution in [2.24, 2.45) is 0 Å². The van der Waals surface area contributed by atoms with Gasteiger partial charge in [0, 0.05) is 17.0 Å². The number of hydrogen-bond donors (Lipinski definition) is 1. The molecular formula is C9H18INO. The van der Waals surface area contributed by atoms with Gasteiger partial charge in [-0.05, 0) is 26.3 Å². The van der Waals surface area contributed by atoms with Crippen molar-refractivity contribution in [1.82, 2.24) is 4.90 Å². The molecule has 1 rings (SSSR count). The summed E-state index contributed by atoms with van der Waals surface area (Å²) in [6.45, 7) is 4.23. The molecule has 0 aromatic heterocycles. The van der Waals surface area contributed by atoms with Crippen LogP contribution in [0.25, 0.3) is 0 Å². The van der Waals surface area contributed by atoms with Crippen LogP contribution in [0.4, 0.5) is 0 Å². The minimum atomic E-state index is -0.159. The normalized spacial score (nSPS) is 28.8. The molecule has 0 aromatic rings. The SMILES string of the molecule is CC(O)C1CCCCN1CCI. The highest BCUT2D eigenvalue weighted by Crippen LogP contribution is 2.19. The lowest BCUT2D eigenvalue weighted by Crippen LogP contribution is -2.46. The van der Waals surface area contributed by atoms with E-state index < -0.39 is 0 Å². The molecule has 2 nitrogen and oxygen atoms in total. The van der Waals surface area contributed by atoms with Gasteiger partial charge in [0.1, 0.15) is 0 Å². The highest BCUT2D eigenvalue weighted by Gasteiger charge is 2.25. The molecule has 72 valence electrons. The molecule has 1 N–H and O–H groups in total. The van der Waals surface area contributed by atoms with Crippen LogP contribution in [0.1, 0.15) is 26.2 Å². The van der Waals surface area contributed by atoms with Gasteiger partial charge in [-0.2, -0.15) is 0 Å². The van der Waals surface area contributed by atoms with Crippen LogP contribution in [0.2, 0.25) is 0 Å². The van der Waals surface area contributed by atoms with Gasteiger partial charge in [0.05, 0.1) is 6.10 Å². The maximum atomic E-state index is 9.53.